The van der Waals surface area contributed by atoms with Crippen molar-refractivity contribution in [3.8, 4) is 0 Å². The van der Waals surface area contributed by atoms with Crippen LogP contribution in [0, 0.1) is 0 Å². The summed E-state index contributed by atoms with van der Waals surface area (Å²) in [5.41, 5.74) is 1.07. The first kappa shape index (κ1) is 12.1. The van der Waals surface area contributed by atoms with E-state index in [1.807, 2.05) is 20.3 Å². The van der Waals surface area contributed by atoms with Gasteiger partial charge in [0.25, 0.3) is 0 Å². The molecular formula is C12H20N4O. The minimum atomic E-state index is 0.00502. The molecule has 1 amide bonds. The van der Waals surface area contributed by atoms with E-state index in [1.165, 1.54) is 6.42 Å². The maximum absolute atomic E-state index is 12.1. The van der Waals surface area contributed by atoms with Gasteiger partial charge in [0, 0.05) is 32.4 Å². The molecule has 94 valence electrons. The third kappa shape index (κ3) is 3.06. The molecule has 1 aliphatic heterocycles. The van der Waals surface area contributed by atoms with Gasteiger partial charge in [-0.3, -0.25) is 9.48 Å². The average molecular weight is 236 g/mol. The molecule has 0 bridgehead atoms. The highest BCUT2D eigenvalue weighted by atomic mass is 16.2. The van der Waals surface area contributed by atoms with Crippen LogP contribution in [0.3, 0.4) is 0 Å². The molecule has 0 aliphatic carbocycles. The lowest BCUT2D eigenvalue weighted by molar-refractivity contribution is -0.133. The molecule has 17 heavy (non-hydrogen) atoms. The third-order valence-electron chi connectivity index (χ3n) is 3.16. The fraction of sp³-hybridized carbons (Fsp3) is 0.667. The lowest BCUT2D eigenvalue weighted by Gasteiger charge is -2.27. The average Bonchev–Trinajstić information content (AvgIpc) is 2.75. The van der Waals surface area contributed by atoms with Crippen LogP contribution in [-0.2, 0) is 18.4 Å². The number of nitrogens with zero attached hydrogens (tertiary/aromatic N) is 3. The summed E-state index contributed by atoms with van der Waals surface area (Å²) in [6.45, 7) is 1.59. The monoisotopic (exact) mass is 236 g/mol. The Morgan fingerprint density at radius 3 is 3.06 bits per heavy atom. The number of rotatable bonds is 3. The van der Waals surface area contributed by atoms with Crippen molar-refractivity contribution in [1.29, 1.82) is 0 Å². The molecule has 5 heteroatoms. The standard InChI is InChI=1S/C12H20N4O/c1-15(8-10-7-14-16(2)9-10)12(17)11-5-3-4-6-13-11/h7,9,11,13H,3-6,8H2,1-2H3. The number of carbonyl (C=O) groups is 1. The fourth-order valence-electron chi connectivity index (χ4n) is 2.23. The maximum atomic E-state index is 12.1. The quantitative estimate of drug-likeness (QED) is 0.832. The van der Waals surface area contributed by atoms with E-state index in [2.05, 4.69) is 10.4 Å². The number of amides is 1. The predicted octanol–water partition coefficient (Wildman–Crippen LogP) is 0.521. The molecule has 1 aromatic heterocycles. The van der Waals surface area contributed by atoms with E-state index < -0.39 is 0 Å². The molecule has 2 rings (SSSR count). The van der Waals surface area contributed by atoms with Crippen molar-refractivity contribution < 1.29 is 4.79 Å². The van der Waals surface area contributed by atoms with Crippen molar-refractivity contribution in [3.63, 3.8) is 0 Å². The van der Waals surface area contributed by atoms with E-state index in [9.17, 15) is 4.79 Å². The zero-order valence-electron chi connectivity index (χ0n) is 10.5. The molecule has 1 saturated heterocycles. The molecule has 1 N–H and O–H groups in total. The number of aryl methyl sites for hydroxylation is 1. The van der Waals surface area contributed by atoms with E-state index in [4.69, 9.17) is 0 Å². The normalized spacial score (nSPS) is 20.2. The van der Waals surface area contributed by atoms with Crippen molar-refractivity contribution in [3.05, 3.63) is 18.0 Å². The SMILES string of the molecule is CN(Cc1cnn(C)c1)C(=O)C1CCCCN1. The molecule has 1 unspecified atom stereocenters. The lowest BCUT2D eigenvalue weighted by Crippen LogP contribution is -2.46. The summed E-state index contributed by atoms with van der Waals surface area (Å²) in [6, 6.07) is 0.00502. The number of aromatic nitrogens is 2. The van der Waals surface area contributed by atoms with Gasteiger partial charge < -0.3 is 10.2 Å². The summed E-state index contributed by atoms with van der Waals surface area (Å²) < 4.78 is 1.76. The van der Waals surface area contributed by atoms with E-state index in [1.54, 1.807) is 15.8 Å². The van der Waals surface area contributed by atoms with Crippen LogP contribution in [0.25, 0.3) is 0 Å². The van der Waals surface area contributed by atoms with Crippen LogP contribution in [0.4, 0.5) is 0 Å². The number of piperidine rings is 1. The van der Waals surface area contributed by atoms with Gasteiger partial charge in [0.15, 0.2) is 0 Å². The van der Waals surface area contributed by atoms with Crippen LogP contribution in [0.5, 0.6) is 0 Å². The topological polar surface area (TPSA) is 50.2 Å². The van der Waals surface area contributed by atoms with Crippen LogP contribution in [0.15, 0.2) is 12.4 Å². The first-order valence-electron chi connectivity index (χ1n) is 6.12. The van der Waals surface area contributed by atoms with Crippen LogP contribution in [0.2, 0.25) is 0 Å². The highest BCUT2D eigenvalue weighted by Gasteiger charge is 2.23. The Morgan fingerprint density at radius 1 is 1.65 bits per heavy atom. The molecule has 1 fully saturated rings. The summed E-state index contributed by atoms with van der Waals surface area (Å²) in [5.74, 6) is 0.188. The van der Waals surface area contributed by atoms with E-state index >= 15 is 0 Å². The Morgan fingerprint density at radius 2 is 2.47 bits per heavy atom. The molecule has 2 heterocycles. The van der Waals surface area contributed by atoms with Crippen LogP contribution >= 0.6 is 0 Å². The maximum Gasteiger partial charge on any atom is 0.239 e. The molecule has 1 atom stereocenters. The second-order valence-corrected chi connectivity index (χ2v) is 4.72. The Hall–Kier alpha value is -1.36. The summed E-state index contributed by atoms with van der Waals surface area (Å²) in [4.78, 5) is 13.9. The van der Waals surface area contributed by atoms with Crippen molar-refractivity contribution in [1.82, 2.24) is 20.0 Å². The molecular weight excluding hydrogens is 216 g/mol. The summed E-state index contributed by atoms with van der Waals surface area (Å²) in [6.07, 6.45) is 7.02. The van der Waals surface area contributed by atoms with Gasteiger partial charge in [-0.1, -0.05) is 6.42 Å². The van der Waals surface area contributed by atoms with Gasteiger partial charge in [-0.2, -0.15) is 5.10 Å². The molecule has 0 spiro atoms. The highest BCUT2D eigenvalue weighted by molar-refractivity contribution is 5.81. The molecule has 1 aromatic rings. The Bertz CT molecular complexity index is 382. The van der Waals surface area contributed by atoms with Gasteiger partial charge in [-0.15, -0.1) is 0 Å². The summed E-state index contributed by atoms with van der Waals surface area (Å²) in [5, 5.41) is 7.38. The first-order valence-corrected chi connectivity index (χ1v) is 6.12. The van der Waals surface area contributed by atoms with E-state index in [0.29, 0.717) is 6.54 Å². The Balaban J connectivity index is 1.90. The van der Waals surface area contributed by atoms with Crippen molar-refractivity contribution in [2.75, 3.05) is 13.6 Å². The smallest absolute Gasteiger partial charge is 0.239 e. The van der Waals surface area contributed by atoms with Gasteiger partial charge in [0.2, 0.25) is 5.91 Å². The number of carbonyl (C=O) groups excluding carboxylic acids is 1. The van der Waals surface area contributed by atoms with Crippen LogP contribution < -0.4 is 5.32 Å². The minimum Gasteiger partial charge on any atom is -0.340 e. The third-order valence-corrected chi connectivity index (χ3v) is 3.16. The van der Waals surface area contributed by atoms with Crippen LogP contribution in [-0.4, -0.2) is 40.2 Å². The zero-order chi connectivity index (χ0) is 12.3. The van der Waals surface area contributed by atoms with E-state index in [-0.39, 0.29) is 11.9 Å². The van der Waals surface area contributed by atoms with Crippen molar-refractivity contribution >= 4 is 5.91 Å². The lowest BCUT2D eigenvalue weighted by atomic mass is 10.0. The van der Waals surface area contributed by atoms with E-state index in [0.717, 1.165) is 24.9 Å². The zero-order valence-corrected chi connectivity index (χ0v) is 10.5. The second kappa shape index (κ2) is 5.31. The molecule has 0 saturated carbocycles. The van der Waals surface area contributed by atoms with Gasteiger partial charge in [-0.25, -0.2) is 0 Å². The van der Waals surface area contributed by atoms with Gasteiger partial charge in [-0.05, 0) is 19.4 Å². The first-order chi connectivity index (χ1) is 8.16. The van der Waals surface area contributed by atoms with Gasteiger partial charge in [0.1, 0.15) is 0 Å². The van der Waals surface area contributed by atoms with Crippen LogP contribution in [0.1, 0.15) is 24.8 Å². The van der Waals surface area contributed by atoms with Crippen molar-refractivity contribution in [2.45, 2.75) is 31.8 Å². The fourth-order valence-corrected chi connectivity index (χ4v) is 2.23. The van der Waals surface area contributed by atoms with Crippen molar-refractivity contribution in [2.24, 2.45) is 7.05 Å². The predicted molar refractivity (Wildman–Crippen MR) is 65.3 cm³/mol. The molecule has 0 aromatic carbocycles. The molecule has 5 nitrogen and oxygen atoms in total. The number of nitrogens with one attached hydrogen (secondary N) is 1. The Kier molecular flexibility index (Phi) is 3.78. The summed E-state index contributed by atoms with van der Waals surface area (Å²) >= 11 is 0. The molecule has 0 radical (unpaired) electrons. The number of hydrogen-bond acceptors (Lipinski definition) is 3. The molecule has 1 aliphatic rings. The Labute approximate surface area is 102 Å². The summed E-state index contributed by atoms with van der Waals surface area (Å²) in [7, 11) is 3.74. The number of likely N-dealkylation sites (N-methyl/N-ethyl adjacent to an activating group) is 1. The minimum absolute atomic E-state index is 0.00502. The van der Waals surface area contributed by atoms with Gasteiger partial charge in [0.05, 0.1) is 12.2 Å². The number of hydrogen-bond donors (Lipinski definition) is 1. The van der Waals surface area contributed by atoms with Gasteiger partial charge >= 0.3 is 0 Å². The second-order valence-electron chi connectivity index (χ2n) is 4.72. The highest BCUT2D eigenvalue weighted by Crippen LogP contribution is 2.11. The largest absolute Gasteiger partial charge is 0.340 e.